The summed E-state index contributed by atoms with van der Waals surface area (Å²) in [7, 11) is 0. The molecule has 2 rings (SSSR count). The quantitative estimate of drug-likeness (QED) is 0.601. The largest absolute Gasteiger partial charge is 0.377 e. The number of nitro benzene ring substituents is 1. The number of nitriles is 1. The molecule has 1 aromatic carbocycles. The Bertz CT molecular complexity index is 524. The van der Waals surface area contributed by atoms with E-state index in [0.29, 0.717) is 18.7 Å². The Kier molecular flexibility index (Phi) is 3.97. The monoisotopic (exact) mass is 261 g/mol. The van der Waals surface area contributed by atoms with Crippen molar-refractivity contribution in [3.63, 3.8) is 0 Å². The highest BCUT2D eigenvalue weighted by Gasteiger charge is 2.19. The minimum atomic E-state index is -0.487. The number of ether oxygens (including phenoxy) is 1. The zero-order valence-electron chi connectivity index (χ0n) is 10.7. The number of benzene rings is 1. The first-order valence-electron chi connectivity index (χ1n) is 6.17. The number of nitrogens with zero attached hydrogens (tertiary/aromatic N) is 3. The highest BCUT2D eigenvalue weighted by molar-refractivity contribution is 5.63. The molecule has 1 atom stereocenters. The van der Waals surface area contributed by atoms with Gasteiger partial charge in [-0.3, -0.25) is 10.1 Å². The minimum Gasteiger partial charge on any atom is -0.377 e. The van der Waals surface area contributed by atoms with E-state index < -0.39 is 4.92 Å². The van der Waals surface area contributed by atoms with E-state index in [9.17, 15) is 10.1 Å². The van der Waals surface area contributed by atoms with Crippen molar-refractivity contribution in [2.75, 3.05) is 24.6 Å². The second-order valence-electron chi connectivity index (χ2n) is 4.55. The summed E-state index contributed by atoms with van der Waals surface area (Å²) in [4.78, 5) is 12.3. The number of rotatable bonds is 2. The van der Waals surface area contributed by atoms with E-state index in [1.807, 2.05) is 13.0 Å². The molecule has 0 saturated carbocycles. The third kappa shape index (κ3) is 3.01. The van der Waals surface area contributed by atoms with Gasteiger partial charge >= 0.3 is 0 Å². The molecule has 0 aliphatic carbocycles. The van der Waals surface area contributed by atoms with Crippen molar-refractivity contribution < 1.29 is 9.66 Å². The summed E-state index contributed by atoms with van der Waals surface area (Å²) in [6.45, 7) is 4.16. The normalized spacial score (nSPS) is 19.6. The van der Waals surface area contributed by atoms with E-state index in [1.54, 1.807) is 6.07 Å². The fraction of sp³-hybridized carbons (Fsp3) is 0.462. The summed E-state index contributed by atoms with van der Waals surface area (Å²) in [6.07, 6.45) is 0.968. The zero-order chi connectivity index (χ0) is 13.8. The highest BCUT2D eigenvalue weighted by Crippen LogP contribution is 2.26. The second kappa shape index (κ2) is 5.67. The lowest BCUT2D eigenvalue weighted by Crippen LogP contribution is -2.30. The van der Waals surface area contributed by atoms with Gasteiger partial charge in [-0.25, -0.2) is 0 Å². The van der Waals surface area contributed by atoms with E-state index in [-0.39, 0.29) is 11.8 Å². The van der Waals surface area contributed by atoms with E-state index in [0.717, 1.165) is 18.7 Å². The maximum Gasteiger partial charge on any atom is 0.270 e. The number of nitro groups is 1. The molecule has 0 amide bonds. The van der Waals surface area contributed by atoms with Gasteiger partial charge in [-0.1, -0.05) is 0 Å². The van der Waals surface area contributed by atoms with Crippen molar-refractivity contribution in [3.8, 4) is 6.07 Å². The van der Waals surface area contributed by atoms with Gasteiger partial charge < -0.3 is 9.64 Å². The number of hydrogen-bond acceptors (Lipinski definition) is 5. The molecule has 1 aliphatic heterocycles. The fourth-order valence-electron chi connectivity index (χ4n) is 2.22. The molecule has 0 spiro atoms. The number of hydrogen-bond donors (Lipinski definition) is 0. The standard InChI is InChI=1S/C13H15N3O3/c1-10-9-15(5-2-6-19-10)13-4-3-12(16(17)18)7-11(13)8-14/h3-4,7,10H,2,5-6,9H2,1H3. The van der Waals surface area contributed by atoms with Gasteiger partial charge in [-0.2, -0.15) is 5.26 Å². The average molecular weight is 261 g/mol. The van der Waals surface area contributed by atoms with Crippen molar-refractivity contribution in [2.24, 2.45) is 0 Å². The topological polar surface area (TPSA) is 79.4 Å². The van der Waals surface area contributed by atoms with E-state index in [4.69, 9.17) is 10.00 Å². The first-order valence-corrected chi connectivity index (χ1v) is 6.17. The number of anilines is 1. The van der Waals surface area contributed by atoms with E-state index >= 15 is 0 Å². The van der Waals surface area contributed by atoms with Crippen LogP contribution in [0.15, 0.2) is 18.2 Å². The maximum atomic E-state index is 10.7. The van der Waals surface area contributed by atoms with Crippen LogP contribution in [-0.4, -0.2) is 30.7 Å². The summed E-state index contributed by atoms with van der Waals surface area (Å²) in [5.41, 5.74) is 1.02. The summed E-state index contributed by atoms with van der Waals surface area (Å²) in [6, 6.07) is 6.45. The fourth-order valence-corrected chi connectivity index (χ4v) is 2.22. The second-order valence-corrected chi connectivity index (χ2v) is 4.55. The Balaban J connectivity index is 2.33. The van der Waals surface area contributed by atoms with Crippen LogP contribution in [0.4, 0.5) is 11.4 Å². The first kappa shape index (κ1) is 13.3. The van der Waals surface area contributed by atoms with Gasteiger partial charge in [-0.15, -0.1) is 0 Å². The Morgan fingerprint density at radius 2 is 2.37 bits per heavy atom. The van der Waals surface area contributed by atoms with Crippen LogP contribution in [-0.2, 0) is 4.74 Å². The van der Waals surface area contributed by atoms with Crippen molar-refractivity contribution >= 4 is 11.4 Å². The average Bonchev–Trinajstić information content (AvgIpc) is 2.62. The predicted molar refractivity (Wildman–Crippen MR) is 70.1 cm³/mol. The molecule has 19 heavy (non-hydrogen) atoms. The molecule has 1 unspecified atom stereocenters. The van der Waals surface area contributed by atoms with Crippen LogP contribution in [0.1, 0.15) is 18.9 Å². The Morgan fingerprint density at radius 3 is 3.05 bits per heavy atom. The first-order chi connectivity index (χ1) is 9.11. The maximum absolute atomic E-state index is 10.7. The van der Waals surface area contributed by atoms with Crippen LogP contribution < -0.4 is 4.90 Å². The molecule has 6 nitrogen and oxygen atoms in total. The Morgan fingerprint density at radius 1 is 1.58 bits per heavy atom. The molecule has 1 fully saturated rings. The molecule has 1 aliphatic rings. The summed E-state index contributed by atoms with van der Waals surface area (Å²) in [5, 5.41) is 19.9. The van der Waals surface area contributed by atoms with Crippen molar-refractivity contribution in [1.29, 1.82) is 5.26 Å². The number of non-ortho nitro benzene ring substituents is 1. The van der Waals surface area contributed by atoms with Crippen molar-refractivity contribution in [2.45, 2.75) is 19.4 Å². The van der Waals surface area contributed by atoms with E-state index in [2.05, 4.69) is 4.90 Å². The van der Waals surface area contributed by atoms with Crippen molar-refractivity contribution in [3.05, 3.63) is 33.9 Å². The molecule has 100 valence electrons. The molecule has 6 heteroatoms. The SMILES string of the molecule is CC1CN(c2ccc([N+](=O)[O-])cc2C#N)CCCO1. The third-order valence-corrected chi connectivity index (χ3v) is 3.10. The molecule has 0 N–H and O–H groups in total. The highest BCUT2D eigenvalue weighted by atomic mass is 16.6. The smallest absolute Gasteiger partial charge is 0.270 e. The van der Waals surface area contributed by atoms with Gasteiger partial charge in [0.15, 0.2) is 0 Å². The molecule has 0 aromatic heterocycles. The predicted octanol–water partition coefficient (Wildman–Crippen LogP) is 2.08. The lowest BCUT2D eigenvalue weighted by Gasteiger charge is -2.25. The Hall–Kier alpha value is -2.13. The lowest BCUT2D eigenvalue weighted by atomic mass is 10.1. The van der Waals surface area contributed by atoms with Crippen LogP contribution in [0, 0.1) is 21.4 Å². The molecule has 1 aromatic rings. The van der Waals surface area contributed by atoms with E-state index in [1.165, 1.54) is 12.1 Å². The van der Waals surface area contributed by atoms with Gasteiger partial charge in [0.2, 0.25) is 0 Å². The van der Waals surface area contributed by atoms with Crippen LogP contribution in [0.2, 0.25) is 0 Å². The molecule has 0 bridgehead atoms. The molecule has 1 heterocycles. The Labute approximate surface area is 111 Å². The van der Waals surface area contributed by atoms with Crippen LogP contribution in [0.3, 0.4) is 0 Å². The molecule has 0 radical (unpaired) electrons. The van der Waals surface area contributed by atoms with Crippen molar-refractivity contribution in [1.82, 2.24) is 0 Å². The van der Waals surface area contributed by atoms with Crippen LogP contribution >= 0.6 is 0 Å². The minimum absolute atomic E-state index is 0.0561. The van der Waals surface area contributed by atoms with Gasteiger partial charge in [-0.05, 0) is 19.4 Å². The van der Waals surface area contributed by atoms with Gasteiger partial charge in [0.25, 0.3) is 5.69 Å². The lowest BCUT2D eigenvalue weighted by molar-refractivity contribution is -0.384. The molecular weight excluding hydrogens is 246 g/mol. The summed E-state index contributed by atoms with van der Waals surface area (Å²) in [5.74, 6) is 0. The van der Waals surface area contributed by atoms with Crippen LogP contribution in [0.25, 0.3) is 0 Å². The zero-order valence-corrected chi connectivity index (χ0v) is 10.7. The van der Waals surface area contributed by atoms with Crippen LogP contribution in [0.5, 0.6) is 0 Å². The van der Waals surface area contributed by atoms with Gasteiger partial charge in [0.1, 0.15) is 6.07 Å². The molecule has 1 saturated heterocycles. The summed E-state index contributed by atoms with van der Waals surface area (Å²) < 4.78 is 5.56. The summed E-state index contributed by atoms with van der Waals surface area (Å²) >= 11 is 0. The molecular formula is C13H15N3O3. The van der Waals surface area contributed by atoms with Gasteiger partial charge in [0.05, 0.1) is 22.3 Å². The van der Waals surface area contributed by atoms with Gasteiger partial charge in [0, 0.05) is 31.8 Å². The third-order valence-electron chi connectivity index (χ3n) is 3.10.